The van der Waals surface area contributed by atoms with Gasteiger partial charge in [0.25, 0.3) is 5.91 Å². The summed E-state index contributed by atoms with van der Waals surface area (Å²) < 4.78 is 20.4. The summed E-state index contributed by atoms with van der Waals surface area (Å²) in [5, 5.41) is 15.1. The summed E-state index contributed by atoms with van der Waals surface area (Å²) in [6.45, 7) is 1.71. The Kier molecular flexibility index (Phi) is 5.13. The Morgan fingerprint density at radius 3 is 2.55 bits per heavy atom. The first kappa shape index (κ1) is 18.9. The fourth-order valence-corrected chi connectivity index (χ4v) is 3.25. The lowest BCUT2D eigenvalue weighted by Crippen LogP contribution is -2.12. The van der Waals surface area contributed by atoms with E-state index >= 15 is 0 Å². The molecule has 9 heteroatoms. The standard InChI is InChI=1S/C20H16FN5O2S/c1-12-17(11-18(28-12)13-3-5-14(21)6-4-13)19(27)22-15-7-9-16(10-8-15)26-20(29-2)23-24-25-26/h3-11H,1-2H3,(H,22,27). The molecule has 0 aliphatic heterocycles. The van der Waals surface area contributed by atoms with E-state index < -0.39 is 0 Å². The molecule has 2 heterocycles. The molecule has 7 nitrogen and oxygen atoms in total. The van der Waals surface area contributed by atoms with Crippen molar-refractivity contribution in [3.8, 4) is 17.0 Å². The summed E-state index contributed by atoms with van der Waals surface area (Å²) in [6, 6.07) is 14.7. The van der Waals surface area contributed by atoms with Gasteiger partial charge in [-0.3, -0.25) is 4.79 Å². The van der Waals surface area contributed by atoms with Gasteiger partial charge < -0.3 is 9.73 Å². The van der Waals surface area contributed by atoms with Crippen LogP contribution in [0.15, 0.2) is 64.2 Å². The highest BCUT2D eigenvalue weighted by Crippen LogP contribution is 2.26. The second-order valence-corrected chi connectivity index (χ2v) is 6.94. The highest BCUT2D eigenvalue weighted by molar-refractivity contribution is 7.98. The maximum atomic E-state index is 13.1. The van der Waals surface area contributed by atoms with Crippen LogP contribution < -0.4 is 5.32 Å². The number of nitrogens with one attached hydrogen (secondary N) is 1. The van der Waals surface area contributed by atoms with Crippen LogP contribution in [0.25, 0.3) is 17.0 Å². The van der Waals surface area contributed by atoms with Crippen LogP contribution in [0.4, 0.5) is 10.1 Å². The van der Waals surface area contributed by atoms with E-state index in [0.717, 1.165) is 5.69 Å². The number of aromatic nitrogens is 4. The van der Waals surface area contributed by atoms with Gasteiger partial charge in [0.1, 0.15) is 17.3 Å². The van der Waals surface area contributed by atoms with Crippen molar-refractivity contribution < 1.29 is 13.6 Å². The average molecular weight is 409 g/mol. The number of thioether (sulfide) groups is 1. The molecule has 146 valence electrons. The number of nitrogens with zero attached hydrogens (tertiary/aromatic N) is 4. The summed E-state index contributed by atoms with van der Waals surface area (Å²) in [5.41, 5.74) is 2.53. The smallest absolute Gasteiger partial charge is 0.259 e. The van der Waals surface area contributed by atoms with Crippen LogP contribution in [-0.2, 0) is 0 Å². The van der Waals surface area contributed by atoms with E-state index in [1.165, 1.54) is 23.9 Å². The second-order valence-electron chi connectivity index (χ2n) is 6.17. The van der Waals surface area contributed by atoms with Crippen LogP contribution in [0.2, 0.25) is 0 Å². The zero-order valence-electron chi connectivity index (χ0n) is 15.6. The van der Waals surface area contributed by atoms with Crippen LogP contribution in [0.5, 0.6) is 0 Å². The molecule has 2 aromatic heterocycles. The summed E-state index contributed by atoms with van der Waals surface area (Å²) in [6.07, 6.45) is 1.89. The lowest BCUT2D eigenvalue weighted by molar-refractivity contribution is 0.102. The molecule has 0 saturated heterocycles. The van der Waals surface area contributed by atoms with Gasteiger partial charge >= 0.3 is 0 Å². The Morgan fingerprint density at radius 1 is 1.14 bits per heavy atom. The second kappa shape index (κ2) is 7.88. The van der Waals surface area contributed by atoms with Gasteiger partial charge in [-0.2, -0.15) is 4.68 Å². The lowest BCUT2D eigenvalue weighted by Gasteiger charge is -2.06. The molecule has 0 radical (unpaired) electrons. The topological polar surface area (TPSA) is 85.8 Å². The monoisotopic (exact) mass is 409 g/mol. The number of benzene rings is 2. The SMILES string of the molecule is CSc1nnnn1-c1ccc(NC(=O)c2cc(-c3ccc(F)cc3)oc2C)cc1. The lowest BCUT2D eigenvalue weighted by atomic mass is 10.1. The fourth-order valence-electron chi connectivity index (χ4n) is 2.82. The first-order chi connectivity index (χ1) is 14.0. The molecule has 0 bridgehead atoms. The first-order valence-corrected chi connectivity index (χ1v) is 9.88. The van der Waals surface area contributed by atoms with Gasteiger partial charge in [-0.05, 0) is 78.2 Å². The minimum atomic E-state index is -0.329. The highest BCUT2D eigenvalue weighted by atomic mass is 32.2. The van der Waals surface area contributed by atoms with Crippen molar-refractivity contribution in [2.24, 2.45) is 0 Å². The van der Waals surface area contributed by atoms with Crippen molar-refractivity contribution in [1.29, 1.82) is 0 Å². The molecule has 1 N–H and O–H groups in total. The maximum Gasteiger partial charge on any atom is 0.259 e. The Balaban J connectivity index is 1.52. The number of hydrogen-bond acceptors (Lipinski definition) is 6. The molecule has 0 atom stereocenters. The molecular formula is C20H16FN5O2S. The van der Waals surface area contributed by atoms with Crippen LogP contribution in [0.3, 0.4) is 0 Å². The predicted molar refractivity (Wildman–Crippen MR) is 108 cm³/mol. The molecule has 4 aromatic rings. The molecular weight excluding hydrogens is 393 g/mol. The van der Waals surface area contributed by atoms with Gasteiger partial charge in [-0.15, -0.1) is 5.10 Å². The van der Waals surface area contributed by atoms with Crippen LogP contribution >= 0.6 is 11.8 Å². The molecule has 0 saturated carbocycles. The zero-order chi connectivity index (χ0) is 20.4. The van der Waals surface area contributed by atoms with Crippen molar-refractivity contribution in [1.82, 2.24) is 20.2 Å². The normalized spacial score (nSPS) is 10.9. The third kappa shape index (κ3) is 3.90. The Labute approximate surface area is 169 Å². The van der Waals surface area contributed by atoms with E-state index in [2.05, 4.69) is 20.8 Å². The third-order valence-corrected chi connectivity index (χ3v) is 4.90. The van der Waals surface area contributed by atoms with Gasteiger partial charge in [0.15, 0.2) is 0 Å². The Bertz CT molecular complexity index is 1150. The van der Waals surface area contributed by atoms with Crippen LogP contribution in [-0.4, -0.2) is 32.4 Å². The van der Waals surface area contributed by atoms with Crippen molar-refractivity contribution in [3.05, 3.63) is 71.7 Å². The summed E-state index contributed by atoms with van der Waals surface area (Å²) >= 11 is 1.44. The number of anilines is 1. The van der Waals surface area contributed by atoms with Gasteiger partial charge in [0.2, 0.25) is 5.16 Å². The van der Waals surface area contributed by atoms with E-state index in [-0.39, 0.29) is 11.7 Å². The molecule has 0 fully saturated rings. The number of aryl methyl sites for hydroxylation is 1. The molecule has 29 heavy (non-hydrogen) atoms. The molecule has 0 aliphatic rings. The van der Waals surface area contributed by atoms with E-state index in [1.54, 1.807) is 41.9 Å². The summed E-state index contributed by atoms with van der Waals surface area (Å²) in [4.78, 5) is 12.7. The molecule has 0 unspecified atom stereocenters. The highest BCUT2D eigenvalue weighted by Gasteiger charge is 2.16. The molecule has 0 aliphatic carbocycles. The Hall–Kier alpha value is -3.46. The zero-order valence-corrected chi connectivity index (χ0v) is 16.4. The Morgan fingerprint density at radius 2 is 1.86 bits per heavy atom. The summed E-state index contributed by atoms with van der Waals surface area (Å²) in [7, 11) is 0. The molecule has 2 aromatic carbocycles. The van der Waals surface area contributed by atoms with Crippen molar-refractivity contribution in [2.75, 3.05) is 11.6 Å². The minimum Gasteiger partial charge on any atom is -0.461 e. The van der Waals surface area contributed by atoms with Gasteiger partial charge in [-0.1, -0.05) is 11.8 Å². The number of rotatable bonds is 5. The summed E-state index contributed by atoms with van der Waals surface area (Å²) in [5.74, 6) is 0.368. The number of hydrogen-bond donors (Lipinski definition) is 1. The average Bonchev–Trinajstić information content (AvgIpc) is 3.35. The van der Waals surface area contributed by atoms with Crippen molar-refractivity contribution >= 4 is 23.4 Å². The van der Waals surface area contributed by atoms with E-state index in [4.69, 9.17) is 4.42 Å². The number of carbonyl (C=O) groups is 1. The number of tetrazole rings is 1. The van der Waals surface area contributed by atoms with Crippen LogP contribution in [0, 0.1) is 12.7 Å². The first-order valence-electron chi connectivity index (χ1n) is 8.65. The van der Waals surface area contributed by atoms with E-state index in [1.807, 2.05) is 18.4 Å². The number of carbonyl (C=O) groups excluding carboxylic acids is 1. The fraction of sp³-hybridized carbons (Fsp3) is 0.100. The van der Waals surface area contributed by atoms with Gasteiger partial charge in [0.05, 0.1) is 11.3 Å². The van der Waals surface area contributed by atoms with Crippen molar-refractivity contribution in [2.45, 2.75) is 12.1 Å². The van der Waals surface area contributed by atoms with Gasteiger partial charge in [0, 0.05) is 11.3 Å². The minimum absolute atomic E-state index is 0.292. The maximum absolute atomic E-state index is 13.1. The molecule has 1 amide bonds. The van der Waals surface area contributed by atoms with Gasteiger partial charge in [-0.25, -0.2) is 4.39 Å². The quantitative estimate of drug-likeness (QED) is 0.494. The molecule has 0 spiro atoms. The number of furan rings is 1. The van der Waals surface area contributed by atoms with Crippen LogP contribution in [0.1, 0.15) is 16.1 Å². The number of amides is 1. The third-order valence-electron chi connectivity index (χ3n) is 4.28. The van der Waals surface area contributed by atoms with E-state index in [9.17, 15) is 9.18 Å². The molecule has 4 rings (SSSR count). The number of halogens is 1. The van der Waals surface area contributed by atoms with Crippen molar-refractivity contribution in [3.63, 3.8) is 0 Å². The largest absolute Gasteiger partial charge is 0.461 e. The van der Waals surface area contributed by atoms with E-state index in [0.29, 0.717) is 33.5 Å². The predicted octanol–water partition coefficient (Wildman–Crippen LogP) is 4.34.